The van der Waals surface area contributed by atoms with Gasteiger partial charge in [0.2, 0.25) is 0 Å². The SMILES string of the molecule is c1ccc(-n2c3ccccc3c3c4c(ccc32)sc2ccccc24)c(-c2ccccc2-n2c3ccccc3c3c4c(ccc32)sc2ccccc24)c1. The van der Waals surface area contributed by atoms with E-state index in [4.69, 9.17) is 0 Å². The third-order valence-electron chi connectivity index (χ3n) is 10.9. The summed E-state index contributed by atoms with van der Waals surface area (Å²) in [5.41, 5.74) is 9.63. The topological polar surface area (TPSA) is 9.86 Å². The summed E-state index contributed by atoms with van der Waals surface area (Å²) < 4.78 is 10.3. The van der Waals surface area contributed by atoms with Crippen LogP contribution < -0.4 is 0 Å². The molecule has 0 saturated heterocycles. The van der Waals surface area contributed by atoms with Gasteiger partial charge in [0.15, 0.2) is 0 Å². The highest BCUT2D eigenvalue weighted by Crippen LogP contribution is 2.47. The van der Waals surface area contributed by atoms with E-state index in [1.54, 1.807) is 0 Å². The van der Waals surface area contributed by atoms with E-state index in [9.17, 15) is 0 Å². The van der Waals surface area contributed by atoms with Crippen LogP contribution in [0.4, 0.5) is 0 Å². The molecular formula is C48H28N2S2. The number of para-hydroxylation sites is 4. The number of hydrogen-bond donors (Lipinski definition) is 0. The molecule has 0 spiro atoms. The summed E-state index contributed by atoms with van der Waals surface area (Å²) >= 11 is 3.77. The molecule has 0 atom stereocenters. The second-order valence-electron chi connectivity index (χ2n) is 13.6. The largest absolute Gasteiger partial charge is 0.309 e. The van der Waals surface area contributed by atoms with Crippen LogP contribution in [0, 0.1) is 0 Å². The molecule has 2 nitrogen and oxygen atoms in total. The molecule has 4 aromatic heterocycles. The Balaban J connectivity index is 1.17. The predicted molar refractivity (Wildman–Crippen MR) is 226 cm³/mol. The van der Waals surface area contributed by atoms with Crippen LogP contribution in [0.1, 0.15) is 0 Å². The van der Waals surface area contributed by atoms with E-state index in [1.165, 1.54) is 106 Å². The molecule has 0 aliphatic rings. The van der Waals surface area contributed by atoms with Gasteiger partial charge in [-0.2, -0.15) is 0 Å². The first kappa shape index (κ1) is 28.5. The van der Waals surface area contributed by atoms with Crippen LogP contribution in [-0.4, -0.2) is 9.13 Å². The summed E-state index contributed by atoms with van der Waals surface area (Å²) in [6.45, 7) is 0. The Kier molecular flexibility index (Phi) is 5.84. The average Bonchev–Trinajstić information content (AvgIpc) is 3.95. The number of fused-ring (bicyclic) bond motifs is 14. The van der Waals surface area contributed by atoms with Crippen molar-refractivity contribution < 1.29 is 0 Å². The Bertz CT molecular complexity index is 3190. The number of nitrogens with zero attached hydrogens (tertiary/aromatic N) is 2. The van der Waals surface area contributed by atoms with Crippen molar-refractivity contribution in [2.45, 2.75) is 0 Å². The minimum absolute atomic E-state index is 1.17. The highest BCUT2D eigenvalue weighted by atomic mass is 32.1. The standard InChI is InChI=1S/C48H28N2S2/c1-7-19-35(49-37-21-9-3-15-31(37)45-39(49)25-27-43-47(45)33-17-5-11-23-41(33)51-43)29(13-1)30-14-2-8-20-36(30)50-38-22-10-4-16-32(38)46-40(50)26-28-44-48(46)34-18-6-12-24-42(34)52-44/h1-28H. The Morgan fingerprint density at radius 3 is 1.13 bits per heavy atom. The second kappa shape index (κ2) is 10.7. The highest BCUT2D eigenvalue weighted by molar-refractivity contribution is 7.26. The van der Waals surface area contributed by atoms with Crippen LogP contribution in [0.15, 0.2) is 170 Å². The summed E-state index contributed by atoms with van der Waals surface area (Å²) in [5, 5.41) is 10.6. The fourth-order valence-corrected chi connectivity index (χ4v) is 11.1. The normalized spacial score (nSPS) is 12.2. The Morgan fingerprint density at radius 2 is 0.654 bits per heavy atom. The van der Waals surface area contributed by atoms with Gasteiger partial charge in [0.1, 0.15) is 0 Å². The van der Waals surface area contributed by atoms with Gasteiger partial charge in [-0.1, -0.05) is 109 Å². The van der Waals surface area contributed by atoms with Crippen molar-refractivity contribution in [3.63, 3.8) is 0 Å². The lowest BCUT2D eigenvalue weighted by atomic mass is 10.0. The third kappa shape index (κ3) is 3.77. The number of rotatable bonds is 3. The molecule has 0 saturated carbocycles. The third-order valence-corrected chi connectivity index (χ3v) is 13.2. The number of hydrogen-bond acceptors (Lipinski definition) is 2. The van der Waals surface area contributed by atoms with Crippen LogP contribution in [0.3, 0.4) is 0 Å². The van der Waals surface area contributed by atoms with Gasteiger partial charge in [0.25, 0.3) is 0 Å². The first-order valence-corrected chi connectivity index (χ1v) is 19.3. The molecule has 0 amide bonds. The fraction of sp³-hybridized carbons (Fsp3) is 0. The molecule has 0 aliphatic carbocycles. The molecule has 0 N–H and O–H groups in total. The van der Waals surface area contributed by atoms with Crippen molar-refractivity contribution in [3.05, 3.63) is 170 Å². The molecular weight excluding hydrogens is 669 g/mol. The van der Waals surface area contributed by atoms with Crippen LogP contribution in [-0.2, 0) is 0 Å². The molecule has 52 heavy (non-hydrogen) atoms. The number of thiophene rings is 2. The molecule has 242 valence electrons. The average molecular weight is 697 g/mol. The van der Waals surface area contributed by atoms with E-state index in [0.717, 1.165) is 0 Å². The van der Waals surface area contributed by atoms with Crippen molar-refractivity contribution in [3.8, 4) is 22.5 Å². The summed E-state index contributed by atoms with van der Waals surface area (Å²) in [6, 6.07) is 62.7. The maximum atomic E-state index is 2.50. The predicted octanol–water partition coefficient (Wildman–Crippen LogP) is 14.3. The molecule has 0 radical (unpaired) electrons. The zero-order chi connectivity index (χ0) is 33.9. The van der Waals surface area contributed by atoms with E-state index in [0.29, 0.717) is 0 Å². The molecule has 0 unspecified atom stereocenters. The first-order valence-electron chi connectivity index (χ1n) is 17.7. The summed E-state index contributed by atoms with van der Waals surface area (Å²) in [7, 11) is 0. The smallest absolute Gasteiger partial charge is 0.0548 e. The zero-order valence-corrected chi connectivity index (χ0v) is 29.5. The second-order valence-corrected chi connectivity index (χ2v) is 15.8. The maximum Gasteiger partial charge on any atom is 0.0548 e. The van der Waals surface area contributed by atoms with E-state index >= 15 is 0 Å². The lowest BCUT2D eigenvalue weighted by Gasteiger charge is -2.18. The van der Waals surface area contributed by atoms with Gasteiger partial charge < -0.3 is 9.13 Å². The van der Waals surface area contributed by atoms with Gasteiger partial charge in [-0.15, -0.1) is 22.7 Å². The minimum Gasteiger partial charge on any atom is -0.309 e. The minimum atomic E-state index is 1.17. The Hall–Kier alpha value is -6.20. The van der Waals surface area contributed by atoms with Crippen LogP contribution >= 0.6 is 22.7 Å². The Labute approximate surface area is 306 Å². The van der Waals surface area contributed by atoms with Gasteiger partial charge in [-0.05, 0) is 60.7 Å². The summed E-state index contributed by atoms with van der Waals surface area (Å²) in [5.74, 6) is 0. The Morgan fingerprint density at radius 1 is 0.269 bits per heavy atom. The van der Waals surface area contributed by atoms with Gasteiger partial charge in [-0.25, -0.2) is 0 Å². The molecule has 4 heterocycles. The molecule has 0 fully saturated rings. The van der Waals surface area contributed by atoms with Gasteiger partial charge >= 0.3 is 0 Å². The fourth-order valence-electron chi connectivity index (χ4n) is 8.86. The molecule has 0 bridgehead atoms. The van der Waals surface area contributed by atoms with Gasteiger partial charge in [0, 0.05) is 73.0 Å². The van der Waals surface area contributed by atoms with Crippen molar-refractivity contribution in [1.82, 2.24) is 9.13 Å². The quantitative estimate of drug-likeness (QED) is 0.174. The molecule has 4 heteroatoms. The van der Waals surface area contributed by atoms with Gasteiger partial charge in [-0.3, -0.25) is 0 Å². The van der Waals surface area contributed by atoms with E-state index in [-0.39, 0.29) is 0 Å². The highest BCUT2D eigenvalue weighted by Gasteiger charge is 2.23. The van der Waals surface area contributed by atoms with Crippen molar-refractivity contribution in [2.24, 2.45) is 0 Å². The van der Waals surface area contributed by atoms with Crippen molar-refractivity contribution in [1.29, 1.82) is 0 Å². The van der Waals surface area contributed by atoms with Crippen molar-refractivity contribution >= 4 is 107 Å². The van der Waals surface area contributed by atoms with E-state index < -0.39 is 0 Å². The van der Waals surface area contributed by atoms with Crippen LogP contribution in [0.25, 0.3) is 106 Å². The number of aromatic nitrogens is 2. The lowest BCUT2D eigenvalue weighted by molar-refractivity contribution is 1.16. The molecule has 8 aromatic carbocycles. The molecule has 12 rings (SSSR count). The summed E-state index contributed by atoms with van der Waals surface area (Å²) in [6.07, 6.45) is 0. The van der Waals surface area contributed by atoms with Gasteiger partial charge in [0.05, 0.1) is 33.4 Å². The molecule has 12 aromatic rings. The lowest BCUT2D eigenvalue weighted by Crippen LogP contribution is -2.01. The first-order chi connectivity index (χ1) is 25.8. The zero-order valence-electron chi connectivity index (χ0n) is 27.9. The molecule has 0 aliphatic heterocycles. The summed E-state index contributed by atoms with van der Waals surface area (Å²) in [4.78, 5) is 0. The maximum absolute atomic E-state index is 2.50. The van der Waals surface area contributed by atoms with E-state index in [1.807, 2.05) is 22.7 Å². The van der Waals surface area contributed by atoms with Crippen LogP contribution in [0.5, 0.6) is 0 Å². The van der Waals surface area contributed by atoms with Crippen LogP contribution in [0.2, 0.25) is 0 Å². The number of benzene rings is 8. The monoisotopic (exact) mass is 696 g/mol. The van der Waals surface area contributed by atoms with Crippen molar-refractivity contribution in [2.75, 3.05) is 0 Å². The van der Waals surface area contributed by atoms with E-state index in [2.05, 4.69) is 179 Å².